The van der Waals surface area contributed by atoms with Crippen molar-refractivity contribution in [3.05, 3.63) is 97.2 Å². The third-order valence-electron chi connectivity index (χ3n) is 12.4. The van der Waals surface area contributed by atoms with E-state index in [1.807, 2.05) is 0 Å². The molecule has 0 aliphatic heterocycles. The molecule has 0 saturated carbocycles. The van der Waals surface area contributed by atoms with E-state index in [4.69, 9.17) is 4.74 Å². The fourth-order valence-electron chi connectivity index (χ4n) is 8.12. The Balaban J connectivity index is 4.70. The molecule has 0 aromatic carbocycles. The Kier molecular flexibility index (Phi) is 52.1. The highest BCUT2D eigenvalue weighted by molar-refractivity contribution is 5.77. The summed E-state index contributed by atoms with van der Waals surface area (Å²) in [5.41, 5.74) is 0. The Morgan fingerprint density at radius 3 is 1.26 bits per heavy atom. The summed E-state index contributed by atoms with van der Waals surface area (Å²) in [5, 5.41) is 23.8. The average Bonchev–Trinajstić information content (AvgIpc) is 3.33. The minimum atomic E-state index is -0.811. The van der Waals surface area contributed by atoms with Gasteiger partial charge in [0.1, 0.15) is 6.10 Å². The fourth-order valence-corrected chi connectivity index (χ4v) is 8.12. The Morgan fingerprint density at radius 2 is 0.809 bits per heavy atom. The van der Waals surface area contributed by atoms with Crippen LogP contribution in [0.1, 0.15) is 258 Å². The van der Waals surface area contributed by atoms with Crippen LogP contribution in [0.3, 0.4) is 0 Å². The monoisotopic (exact) mass is 946 g/mol. The van der Waals surface area contributed by atoms with Crippen molar-refractivity contribution in [1.29, 1.82) is 0 Å². The van der Waals surface area contributed by atoms with E-state index in [1.54, 1.807) is 0 Å². The second-order valence-electron chi connectivity index (χ2n) is 19.0. The molecule has 0 aliphatic carbocycles. The summed E-state index contributed by atoms with van der Waals surface area (Å²) in [4.78, 5) is 26.3. The smallest absolute Gasteiger partial charge is 0.306 e. The summed E-state index contributed by atoms with van der Waals surface area (Å²) >= 11 is 0. The number of hydrogen-bond donors (Lipinski definition) is 3. The second kappa shape index (κ2) is 54.7. The van der Waals surface area contributed by atoms with Crippen molar-refractivity contribution < 1.29 is 24.5 Å². The largest absolute Gasteiger partial charge is 0.462 e. The van der Waals surface area contributed by atoms with E-state index in [2.05, 4.69) is 123 Å². The summed E-state index contributed by atoms with van der Waals surface area (Å²) in [5.74, 6) is -0.547. The van der Waals surface area contributed by atoms with Gasteiger partial charge in [-0.3, -0.25) is 9.59 Å². The van der Waals surface area contributed by atoms with Gasteiger partial charge in [0.2, 0.25) is 5.91 Å². The lowest BCUT2D eigenvalue weighted by Gasteiger charge is -2.24. The van der Waals surface area contributed by atoms with Gasteiger partial charge in [-0.15, -0.1) is 0 Å². The summed E-state index contributed by atoms with van der Waals surface area (Å²) in [6.07, 6.45) is 73.3. The molecule has 0 radical (unpaired) electrons. The third kappa shape index (κ3) is 49.2. The molecular weight excluding hydrogens is 839 g/mol. The number of hydrogen-bond acceptors (Lipinski definition) is 5. The predicted octanol–water partition coefficient (Wildman–Crippen LogP) is 17.7. The number of nitrogens with one attached hydrogen (secondary N) is 1. The zero-order valence-corrected chi connectivity index (χ0v) is 44.5. The van der Waals surface area contributed by atoms with Crippen LogP contribution in [0.25, 0.3) is 0 Å². The van der Waals surface area contributed by atoms with Crippen LogP contribution in [0.4, 0.5) is 0 Å². The lowest BCUT2D eigenvalue weighted by atomic mass is 10.0. The quantitative estimate of drug-likeness (QED) is 0.0321. The van der Waals surface area contributed by atoms with Gasteiger partial charge in [-0.25, -0.2) is 0 Å². The van der Waals surface area contributed by atoms with Gasteiger partial charge in [-0.1, -0.05) is 240 Å². The summed E-state index contributed by atoms with van der Waals surface area (Å²) in [7, 11) is 0. The maximum Gasteiger partial charge on any atom is 0.306 e. The van der Waals surface area contributed by atoms with Crippen LogP contribution in [0, 0.1) is 0 Å². The number of carbonyl (C=O) groups is 2. The van der Waals surface area contributed by atoms with Crippen molar-refractivity contribution in [3.8, 4) is 0 Å². The second-order valence-corrected chi connectivity index (χ2v) is 19.0. The number of allylic oxidation sites excluding steroid dienone is 16. The molecule has 0 aliphatic rings. The average molecular weight is 947 g/mol. The summed E-state index contributed by atoms with van der Waals surface area (Å²) in [6, 6.07) is -0.729. The zero-order valence-electron chi connectivity index (χ0n) is 44.5. The third-order valence-corrected chi connectivity index (χ3v) is 12.4. The zero-order chi connectivity index (χ0) is 49.5. The van der Waals surface area contributed by atoms with Crippen LogP contribution in [-0.2, 0) is 14.3 Å². The summed E-state index contributed by atoms with van der Waals surface area (Å²) < 4.78 is 5.93. The predicted molar refractivity (Wildman–Crippen MR) is 296 cm³/mol. The van der Waals surface area contributed by atoms with Gasteiger partial charge >= 0.3 is 5.97 Å². The highest BCUT2D eigenvalue weighted by Gasteiger charge is 2.24. The van der Waals surface area contributed by atoms with Gasteiger partial charge in [0, 0.05) is 6.42 Å². The Labute approximate surface area is 420 Å². The van der Waals surface area contributed by atoms with Gasteiger partial charge in [0.15, 0.2) is 0 Å². The van der Waals surface area contributed by atoms with Crippen LogP contribution in [0.5, 0.6) is 0 Å². The van der Waals surface area contributed by atoms with E-state index in [1.165, 1.54) is 109 Å². The molecule has 0 aromatic rings. The Morgan fingerprint density at radius 1 is 0.441 bits per heavy atom. The van der Waals surface area contributed by atoms with Crippen molar-refractivity contribution in [3.63, 3.8) is 0 Å². The van der Waals surface area contributed by atoms with E-state index in [0.717, 1.165) is 103 Å². The maximum atomic E-state index is 13.3. The van der Waals surface area contributed by atoms with Crippen molar-refractivity contribution >= 4 is 11.9 Å². The van der Waals surface area contributed by atoms with E-state index in [0.29, 0.717) is 19.3 Å². The lowest BCUT2D eigenvalue weighted by Crippen LogP contribution is -2.46. The molecule has 390 valence electrons. The molecule has 6 nitrogen and oxygen atoms in total. The van der Waals surface area contributed by atoms with Crippen molar-refractivity contribution in [2.45, 2.75) is 277 Å². The number of ether oxygens (including phenoxy) is 1. The summed E-state index contributed by atoms with van der Waals surface area (Å²) in [6.45, 7) is 6.33. The van der Waals surface area contributed by atoms with E-state index < -0.39 is 18.2 Å². The van der Waals surface area contributed by atoms with Crippen LogP contribution < -0.4 is 5.32 Å². The van der Waals surface area contributed by atoms with Crippen molar-refractivity contribution in [1.82, 2.24) is 5.32 Å². The number of esters is 1. The molecule has 1 amide bonds. The van der Waals surface area contributed by atoms with E-state index in [9.17, 15) is 19.8 Å². The number of rotatable bonds is 50. The molecule has 0 bridgehead atoms. The lowest BCUT2D eigenvalue weighted by molar-refractivity contribution is -0.151. The Hall–Kier alpha value is -3.22. The molecule has 0 heterocycles. The van der Waals surface area contributed by atoms with Gasteiger partial charge in [0.25, 0.3) is 0 Å². The van der Waals surface area contributed by atoms with Gasteiger partial charge in [-0.05, 0) is 103 Å². The van der Waals surface area contributed by atoms with E-state index >= 15 is 0 Å². The molecule has 0 aromatic heterocycles. The minimum Gasteiger partial charge on any atom is -0.462 e. The molecule has 6 heteroatoms. The van der Waals surface area contributed by atoms with Crippen molar-refractivity contribution in [2.75, 3.05) is 6.61 Å². The molecule has 68 heavy (non-hydrogen) atoms. The number of carbonyl (C=O) groups excluding carboxylic acids is 2. The molecule has 3 unspecified atom stereocenters. The van der Waals surface area contributed by atoms with Crippen LogP contribution in [-0.4, -0.2) is 46.9 Å². The Bertz CT molecular complexity index is 1340. The molecule has 3 N–H and O–H groups in total. The van der Waals surface area contributed by atoms with Crippen LogP contribution in [0.15, 0.2) is 97.2 Å². The number of amides is 1. The highest BCUT2D eigenvalue weighted by atomic mass is 16.5. The standard InChI is InChI=1S/C62H107NO5/c1-4-7-10-13-16-19-22-25-27-29-30-32-34-37-40-43-46-49-52-55-62(67)68-58(53-50-47-44-41-38-36-33-31-28-26-23-20-17-14-11-8-5-2)56-61(66)63-59(57-64)60(65)54-51-48-45-42-39-35-24-21-18-15-12-9-6-3/h8,11,16-17,19-20,25-28,30,32-33,36,41,44,58-60,64-65H,4-7,9-10,12-15,18,21-24,29,31,34-35,37-40,42-43,45-57H2,1-3H3,(H,63,66)/b11-8-,19-16-,20-17-,27-25-,28-26-,32-30-,36-33-,44-41-. The first-order valence-electron chi connectivity index (χ1n) is 28.5. The van der Waals surface area contributed by atoms with Crippen molar-refractivity contribution in [2.24, 2.45) is 0 Å². The topological polar surface area (TPSA) is 95.9 Å². The molecule has 0 saturated heterocycles. The van der Waals surface area contributed by atoms with Gasteiger partial charge in [0.05, 0.1) is 25.2 Å². The first-order valence-corrected chi connectivity index (χ1v) is 28.5. The highest BCUT2D eigenvalue weighted by Crippen LogP contribution is 2.17. The number of aliphatic hydroxyl groups excluding tert-OH is 2. The maximum absolute atomic E-state index is 13.3. The van der Waals surface area contributed by atoms with Crippen LogP contribution in [0.2, 0.25) is 0 Å². The minimum absolute atomic E-state index is 0.0284. The van der Waals surface area contributed by atoms with Gasteiger partial charge in [-0.2, -0.15) is 0 Å². The molecule has 3 atom stereocenters. The van der Waals surface area contributed by atoms with Gasteiger partial charge < -0.3 is 20.3 Å². The molecule has 0 spiro atoms. The first kappa shape index (κ1) is 64.8. The molecular formula is C62H107NO5. The first-order chi connectivity index (χ1) is 33.5. The SMILES string of the molecule is CC/C=C\C/C=C\C/C=C\C/C=C\C/C=C\CCCC(CC(=O)NC(CO)C(O)CCCCCCCCCCCCCCC)OC(=O)CCCCCCCC/C=C\C/C=C\C/C=C\CCCCC. The van der Waals surface area contributed by atoms with E-state index in [-0.39, 0.29) is 24.9 Å². The molecule has 0 fully saturated rings. The number of aliphatic hydroxyl groups is 2. The fraction of sp³-hybridized carbons (Fsp3) is 0.710. The molecule has 0 rings (SSSR count). The van der Waals surface area contributed by atoms with Crippen LogP contribution >= 0.6 is 0 Å². The number of unbranched alkanes of at least 4 members (excludes halogenated alkanes) is 22. The normalized spacial score (nSPS) is 13.9.